The summed E-state index contributed by atoms with van der Waals surface area (Å²) in [5.74, 6) is -0.965. The Balaban J connectivity index is 1.53. The molecule has 0 aromatic heterocycles. The van der Waals surface area contributed by atoms with Crippen molar-refractivity contribution >= 4 is 51.5 Å². The highest BCUT2D eigenvalue weighted by molar-refractivity contribution is 7.00. The summed E-state index contributed by atoms with van der Waals surface area (Å²) in [7, 11) is 0. The van der Waals surface area contributed by atoms with Gasteiger partial charge in [0.2, 0.25) is 0 Å². The van der Waals surface area contributed by atoms with E-state index in [1.165, 1.54) is 50.0 Å². The zero-order chi connectivity index (χ0) is 29.3. The van der Waals surface area contributed by atoms with Crippen molar-refractivity contribution in [2.75, 3.05) is 9.80 Å². The molecule has 0 N–H and O–H groups in total. The molecule has 3 heteroatoms. The van der Waals surface area contributed by atoms with Crippen molar-refractivity contribution < 1.29 is 2.74 Å². The van der Waals surface area contributed by atoms with E-state index in [4.69, 9.17) is 0 Å². The molecule has 1 saturated carbocycles. The largest absolute Gasteiger partial charge is 0.338 e. The third kappa shape index (κ3) is 3.30. The van der Waals surface area contributed by atoms with Crippen LogP contribution in [0.2, 0.25) is 0 Å². The van der Waals surface area contributed by atoms with Gasteiger partial charge in [-0.05, 0) is 102 Å². The zero-order valence-corrected chi connectivity index (χ0v) is 24.7. The first-order valence-electron chi connectivity index (χ1n) is 16.0. The molecule has 0 bridgehead atoms. The second-order valence-corrected chi connectivity index (χ2v) is 13.6. The van der Waals surface area contributed by atoms with Crippen LogP contribution in [-0.2, 0) is 5.41 Å². The lowest BCUT2D eigenvalue weighted by atomic mass is 9.33. The molecule has 4 aliphatic rings. The van der Waals surface area contributed by atoms with E-state index in [2.05, 4.69) is 118 Å². The van der Waals surface area contributed by atoms with Gasteiger partial charge in [0, 0.05) is 41.7 Å². The summed E-state index contributed by atoms with van der Waals surface area (Å²) >= 11 is 0. The Hall–Kier alpha value is -3.46. The van der Waals surface area contributed by atoms with E-state index in [9.17, 15) is 2.74 Å². The van der Waals surface area contributed by atoms with E-state index in [1.54, 1.807) is 0 Å². The zero-order valence-electron chi connectivity index (χ0n) is 26.7. The SMILES string of the molecule is [2H]C12CCCCC1([2H])N1c3cc(C)cc4c3B(c3cc(C)ccc3N4c3ccc(C)cc3)c3cc(C(C)(C)C)cc2c31. The Morgan fingerprint density at radius 2 is 1.48 bits per heavy atom. The van der Waals surface area contributed by atoms with Crippen LogP contribution in [0, 0.1) is 20.8 Å². The van der Waals surface area contributed by atoms with Crippen molar-refractivity contribution in [3.8, 4) is 0 Å². The monoisotopic (exact) mass is 524 g/mol. The van der Waals surface area contributed by atoms with Crippen LogP contribution in [0.1, 0.15) is 82.9 Å². The number of hydrogen-bond donors (Lipinski definition) is 0. The maximum Gasteiger partial charge on any atom is 0.252 e. The van der Waals surface area contributed by atoms with Crippen LogP contribution in [0.3, 0.4) is 0 Å². The van der Waals surface area contributed by atoms with Crippen LogP contribution in [0.25, 0.3) is 0 Å². The maximum atomic E-state index is 10.2. The van der Waals surface area contributed by atoms with E-state index in [0.717, 1.165) is 41.9 Å². The fourth-order valence-corrected chi connectivity index (χ4v) is 7.73. The maximum absolute atomic E-state index is 10.2. The van der Waals surface area contributed by atoms with Crippen LogP contribution in [0.4, 0.5) is 28.4 Å². The summed E-state index contributed by atoms with van der Waals surface area (Å²) in [5, 5.41) is 0. The molecule has 200 valence electrons. The van der Waals surface area contributed by atoms with Gasteiger partial charge in [0.05, 0.1) is 1.37 Å². The minimum Gasteiger partial charge on any atom is -0.338 e. The van der Waals surface area contributed by atoms with Crippen LogP contribution in [-0.4, -0.2) is 12.7 Å². The number of anilines is 5. The Morgan fingerprint density at radius 1 is 0.750 bits per heavy atom. The van der Waals surface area contributed by atoms with Crippen molar-refractivity contribution in [1.82, 2.24) is 0 Å². The average molecular weight is 525 g/mol. The van der Waals surface area contributed by atoms with E-state index < -0.39 is 11.9 Å². The van der Waals surface area contributed by atoms with Crippen molar-refractivity contribution in [3.05, 3.63) is 94.5 Å². The summed E-state index contributed by atoms with van der Waals surface area (Å²) in [5.41, 5.74) is 15.7. The second-order valence-electron chi connectivity index (χ2n) is 13.6. The molecule has 40 heavy (non-hydrogen) atoms. The molecule has 2 atom stereocenters. The molecular weight excluding hydrogens is 483 g/mol. The highest BCUT2D eigenvalue weighted by Gasteiger charge is 2.50. The number of benzene rings is 4. The van der Waals surface area contributed by atoms with Crippen molar-refractivity contribution in [2.24, 2.45) is 0 Å². The van der Waals surface area contributed by atoms with Crippen LogP contribution in [0.5, 0.6) is 0 Å². The molecule has 3 aliphatic heterocycles. The minimum absolute atomic E-state index is 0.0480. The summed E-state index contributed by atoms with van der Waals surface area (Å²) in [6.07, 6.45) is 3.44. The molecule has 1 aliphatic carbocycles. The molecule has 8 rings (SSSR count). The van der Waals surface area contributed by atoms with E-state index >= 15 is 0 Å². The lowest BCUT2D eigenvalue weighted by Crippen LogP contribution is -2.62. The van der Waals surface area contributed by atoms with Crippen molar-refractivity contribution in [1.29, 1.82) is 0 Å². The molecule has 0 radical (unpaired) electrons. The van der Waals surface area contributed by atoms with E-state index in [-0.39, 0.29) is 12.1 Å². The summed E-state index contributed by atoms with van der Waals surface area (Å²) in [6.45, 7) is 13.4. The first-order chi connectivity index (χ1) is 19.9. The predicted molar refractivity (Wildman–Crippen MR) is 172 cm³/mol. The fraction of sp³-hybridized carbons (Fsp3) is 0.351. The summed E-state index contributed by atoms with van der Waals surface area (Å²) in [6, 6.07) is 24.1. The van der Waals surface area contributed by atoms with Gasteiger partial charge in [-0.2, -0.15) is 0 Å². The van der Waals surface area contributed by atoms with Gasteiger partial charge in [-0.1, -0.05) is 81.1 Å². The van der Waals surface area contributed by atoms with E-state index in [0.29, 0.717) is 6.42 Å². The average Bonchev–Trinajstić information content (AvgIpc) is 3.15. The van der Waals surface area contributed by atoms with Crippen molar-refractivity contribution in [2.45, 2.75) is 84.6 Å². The first kappa shape index (κ1) is 22.3. The number of aryl methyl sites for hydroxylation is 3. The van der Waals surface area contributed by atoms with Gasteiger partial charge < -0.3 is 9.80 Å². The van der Waals surface area contributed by atoms with Gasteiger partial charge in [-0.3, -0.25) is 0 Å². The topological polar surface area (TPSA) is 6.48 Å². The smallest absolute Gasteiger partial charge is 0.252 e. The van der Waals surface area contributed by atoms with Gasteiger partial charge in [-0.15, -0.1) is 0 Å². The van der Waals surface area contributed by atoms with Gasteiger partial charge in [-0.25, -0.2) is 0 Å². The molecule has 3 heterocycles. The molecular formula is C37H39BN2. The molecule has 4 aromatic carbocycles. The van der Waals surface area contributed by atoms with Gasteiger partial charge in [0.15, 0.2) is 0 Å². The lowest BCUT2D eigenvalue weighted by Gasteiger charge is -2.45. The first-order valence-corrected chi connectivity index (χ1v) is 15.0. The molecule has 4 aromatic rings. The number of nitrogens with zero attached hydrogens (tertiary/aromatic N) is 2. The van der Waals surface area contributed by atoms with Gasteiger partial charge >= 0.3 is 0 Å². The highest BCUT2D eigenvalue weighted by atomic mass is 15.2. The van der Waals surface area contributed by atoms with E-state index in [1.807, 2.05) is 0 Å². The quantitative estimate of drug-likeness (QED) is 0.207. The third-order valence-electron chi connectivity index (χ3n) is 9.65. The standard InChI is InChI=1S/C37H39BN2/c1-22-11-14-26(15-12-22)39-32-16-13-23(2)17-29(32)38-30-21-25(37(4,5)6)20-28-27-9-7-8-10-31(27)40(36(28)30)34-19-24(3)18-33(39)35(34)38/h11-21,27,31H,7-10H2,1-6H3/i27D,31D. The molecule has 0 spiro atoms. The predicted octanol–water partition coefficient (Wildman–Crippen LogP) is 7.70. The Labute approximate surface area is 242 Å². The number of fused-ring (bicyclic) bond motifs is 7. The second kappa shape index (κ2) is 8.29. The number of hydrogen-bond acceptors (Lipinski definition) is 2. The van der Waals surface area contributed by atoms with Crippen LogP contribution in [0.15, 0.2) is 66.7 Å². The van der Waals surface area contributed by atoms with Gasteiger partial charge in [0.25, 0.3) is 6.71 Å². The molecule has 2 unspecified atom stereocenters. The molecule has 1 fully saturated rings. The molecule has 2 nitrogen and oxygen atoms in total. The van der Waals surface area contributed by atoms with Crippen LogP contribution < -0.4 is 26.2 Å². The fourth-order valence-electron chi connectivity index (χ4n) is 7.73. The van der Waals surface area contributed by atoms with Crippen LogP contribution >= 0.6 is 0 Å². The number of rotatable bonds is 1. The van der Waals surface area contributed by atoms with Gasteiger partial charge in [0.1, 0.15) is 0 Å². The normalized spacial score (nSPS) is 24.6. The Morgan fingerprint density at radius 3 is 2.25 bits per heavy atom. The van der Waals surface area contributed by atoms with Crippen molar-refractivity contribution in [3.63, 3.8) is 0 Å². The highest BCUT2D eigenvalue weighted by Crippen LogP contribution is 2.54. The molecule has 0 saturated heterocycles. The molecule has 0 amide bonds. The Bertz CT molecular complexity index is 1810. The lowest BCUT2D eigenvalue weighted by molar-refractivity contribution is 0.402. The third-order valence-corrected chi connectivity index (χ3v) is 9.65. The summed E-state index contributed by atoms with van der Waals surface area (Å²) in [4.78, 5) is 4.77. The minimum atomic E-state index is -1.03. The Kier molecular flexibility index (Phi) is 4.61. The summed E-state index contributed by atoms with van der Waals surface area (Å²) < 4.78 is 20.3.